The van der Waals surface area contributed by atoms with Crippen LogP contribution in [0.15, 0.2) is 48.8 Å². The molecule has 8 heteroatoms. The van der Waals surface area contributed by atoms with E-state index in [0.29, 0.717) is 0 Å². The highest BCUT2D eigenvalue weighted by atomic mass is 16.3. The normalized spacial score (nSPS) is 26.4. The summed E-state index contributed by atoms with van der Waals surface area (Å²) in [5, 5.41) is 27.6. The summed E-state index contributed by atoms with van der Waals surface area (Å²) in [6.45, 7) is 8.72. The molecule has 7 rings (SSSR count). The van der Waals surface area contributed by atoms with Crippen LogP contribution in [0.25, 0.3) is 21.5 Å². The van der Waals surface area contributed by atoms with Crippen molar-refractivity contribution in [1.29, 1.82) is 0 Å². The average molecular weight is 539 g/mol. The van der Waals surface area contributed by atoms with Crippen molar-refractivity contribution in [2.75, 3.05) is 47.8 Å². The lowest BCUT2D eigenvalue weighted by atomic mass is 9.62. The van der Waals surface area contributed by atoms with E-state index < -0.39 is 24.0 Å². The number of pyridine rings is 2. The highest BCUT2D eigenvalue weighted by Gasteiger charge is 2.52. The number of nitrogens with zero attached hydrogens (tertiary/aromatic N) is 6. The molecule has 2 N–H and O–H groups in total. The lowest BCUT2D eigenvalue weighted by Gasteiger charge is -2.51. The fourth-order valence-electron chi connectivity index (χ4n) is 7.16. The summed E-state index contributed by atoms with van der Waals surface area (Å²) in [6.07, 6.45) is 2.18. The Labute approximate surface area is 235 Å². The van der Waals surface area contributed by atoms with E-state index in [4.69, 9.17) is 9.97 Å². The molecule has 8 nitrogen and oxygen atoms in total. The fraction of sp³-hybridized carbons (Fsp3) is 0.438. The van der Waals surface area contributed by atoms with Crippen LogP contribution in [0, 0.1) is 0 Å². The number of aliphatic hydroxyl groups excluding tert-OH is 2. The molecule has 4 aromatic rings. The van der Waals surface area contributed by atoms with Crippen molar-refractivity contribution in [3.63, 3.8) is 0 Å². The van der Waals surface area contributed by atoms with Crippen molar-refractivity contribution in [2.24, 2.45) is 0 Å². The van der Waals surface area contributed by atoms with Gasteiger partial charge < -0.3 is 29.8 Å². The molecule has 0 saturated heterocycles. The number of hydrogen-bond acceptors (Lipinski definition) is 8. The van der Waals surface area contributed by atoms with Crippen molar-refractivity contribution < 1.29 is 10.2 Å². The van der Waals surface area contributed by atoms with E-state index in [1.54, 1.807) is 0 Å². The zero-order valence-corrected chi connectivity index (χ0v) is 24.5. The molecule has 0 amide bonds. The third-order valence-corrected chi connectivity index (χ3v) is 10.6. The van der Waals surface area contributed by atoms with Gasteiger partial charge in [0, 0.05) is 74.6 Å². The molecule has 4 heterocycles. The van der Waals surface area contributed by atoms with Crippen molar-refractivity contribution in [2.45, 2.75) is 63.1 Å². The third-order valence-electron chi connectivity index (χ3n) is 10.6. The van der Waals surface area contributed by atoms with E-state index in [1.165, 1.54) is 0 Å². The van der Waals surface area contributed by atoms with Gasteiger partial charge in [0.2, 0.25) is 0 Å². The van der Waals surface area contributed by atoms with Gasteiger partial charge in [0.1, 0.15) is 23.0 Å². The second kappa shape index (κ2) is 7.98. The summed E-state index contributed by atoms with van der Waals surface area (Å²) in [5.74, 6) is 0.951. The molecule has 0 spiro atoms. The molecule has 2 aromatic heterocycles. The Morgan fingerprint density at radius 3 is 1.35 bits per heavy atom. The predicted molar refractivity (Wildman–Crippen MR) is 163 cm³/mol. The first-order valence-corrected chi connectivity index (χ1v) is 14.0. The highest BCUT2D eigenvalue weighted by molar-refractivity contribution is 6.07. The van der Waals surface area contributed by atoms with E-state index >= 15 is 0 Å². The van der Waals surface area contributed by atoms with Gasteiger partial charge in [0.25, 0.3) is 0 Å². The van der Waals surface area contributed by atoms with Gasteiger partial charge in [-0.2, -0.15) is 0 Å². The minimum atomic E-state index is -0.765. The smallest absolute Gasteiger partial charge is 0.140 e. The lowest BCUT2D eigenvalue weighted by Crippen LogP contribution is -2.57. The van der Waals surface area contributed by atoms with E-state index in [2.05, 4.69) is 112 Å². The fourth-order valence-corrected chi connectivity index (χ4v) is 7.16. The zero-order valence-electron chi connectivity index (χ0n) is 24.5. The maximum absolute atomic E-state index is 11.7. The largest absolute Gasteiger partial charge is 0.392 e. The molecule has 0 atom stereocenters. The Hall–Kier alpha value is -3.62. The topological polar surface area (TPSA) is 79.2 Å². The average Bonchev–Trinajstić information content (AvgIpc) is 2.94. The summed E-state index contributed by atoms with van der Waals surface area (Å²) in [7, 11) is 8.34. The zero-order chi connectivity index (χ0) is 28.5. The Morgan fingerprint density at radius 1 is 0.600 bits per heavy atom. The monoisotopic (exact) mass is 538 g/mol. The molecule has 1 saturated carbocycles. The van der Waals surface area contributed by atoms with Crippen LogP contribution >= 0.6 is 0 Å². The van der Waals surface area contributed by atoms with Crippen LogP contribution in [0.3, 0.4) is 0 Å². The second-order valence-corrected chi connectivity index (χ2v) is 12.7. The van der Waals surface area contributed by atoms with Gasteiger partial charge in [-0.25, -0.2) is 9.97 Å². The molecular weight excluding hydrogens is 500 g/mol. The van der Waals surface area contributed by atoms with Gasteiger partial charge in [0.05, 0.1) is 12.2 Å². The number of benzene rings is 2. The maximum atomic E-state index is 11.7. The first kappa shape index (κ1) is 25.4. The van der Waals surface area contributed by atoms with Crippen LogP contribution < -0.4 is 19.6 Å². The van der Waals surface area contributed by atoms with Gasteiger partial charge >= 0.3 is 0 Å². The molecule has 0 radical (unpaired) electrons. The molecule has 1 aliphatic carbocycles. The molecule has 0 unspecified atom stereocenters. The Bertz CT molecular complexity index is 1530. The molecule has 2 aliphatic heterocycles. The first-order chi connectivity index (χ1) is 18.9. The van der Waals surface area contributed by atoms with Crippen LogP contribution in [0.5, 0.6) is 0 Å². The SMILES string of the molecule is CN1c2cccc3c(C4C(O)C(c5cnc6c7c(cccc57)N(C)C(C)(C)N6C)C4O)cnc(c23)N(C)C1(C)C. The van der Waals surface area contributed by atoms with Crippen molar-refractivity contribution in [3.8, 4) is 0 Å². The van der Waals surface area contributed by atoms with Crippen molar-refractivity contribution in [3.05, 3.63) is 59.9 Å². The Morgan fingerprint density at radius 2 is 0.975 bits per heavy atom. The van der Waals surface area contributed by atoms with Gasteiger partial charge in [0.15, 0.2) is 0 Å². The molecule has 0 bridgehead atoms. The quantitative estimate of drug-likeness (QED) is 0.383. The van der Waals surface area contributed by atoms with E-state index in [0.717, 1.165) is 55.7 Å². The number of rotatable bonds is 2. The summed E-state index contributed by atoms with van der Waals surface area (Å²) in [6, 6.07) is 12.5. The Kier molecular flexibility index (Phi) is 5.06. The molecular formula is C32H38N6O2. The summed E-state index contributed by atoms with van der Waals surface area (Å²) in [4.78, 5) is 18.7. The molecule has 208 valence electrons. The van der Waals surface area contributed by atoms with Crippen molar-refractivity contribution in [1.82, 2.24) is 9.97 Å². The van der Waals surface area contributed by atoms with Crippen LogP contribution in [0.1, 0.15) is 50.7 Å². The Balaban J connectivity index is 1.32. The highest BCUT2D eigenvalue weighted by Crippen LogP contribution is 2.54. The number of aromatic nitrogens is 2. The molecule has 3 aliphatic rings. The van der Waals surface area contributed by atoms with Crippen molar-refractivity contribution >= 4 is 44.6 Å². The number of hydrogen-bond donors (Lipinski definition) is 2. The van der Waals surface area contributed by atoms with Crippen LogP contribution in [0.2, 0.25) is 0 Å². The van der Waals surface area contributed by atoms with Gasteiger partial charge in [-0.3, -0.25) is 0 Å². The van der Waals surface area contributed by atoms with E-state index in [1.807, 2.05) is 12.4 Å². The van der Waals surface area contributed by atoms with Gasteiger partial charge in [-0.1, -0.05) is 24.3 Å². The van der Waals surface area contributed by atoms with Gasteiger partial charge in [-0.05, 0) is 61.7 Å². The summed E-state index contributed by atoms with van der Waals surface area (Å²) >= 11 is 0. The first-order valence-electron chi connectivity index (χ1n) is 14.0. The van der Waals surface area contributed by atoms with E-state index in [9.17, 15) is 10.2 Å². The number of aliphatic hydroxyl groups is 2. The molecule has 2 aromatic carbocycles. The third kappa shape index (κ3) is 2.93. The standard InChI is InChI=1S/C32H38N6O2/c1-31(2)35(5)21-13-9-11-17-19(15-33-29(23(17)21)37(31)7)25-27(39)26(28(25)40)20-16-34-30-24-18(20)12-10-14-22(24)36(6)32(3,4)38(30)8/h9-16,25-28,39-40H,1-8H3. The van der Waals surface area contributed by atoms with Crippen LogP contribution in [-0.4, -0.2) is 71.9 Å². The molecule has 1 fully saturated rings. The van der Waals surface area contributed by atoms with E-state index in [-0.39, 0.29) is 11.3 Å². The molecule has 40 heavy (non-hydrogen) atoms. The minimum Gasteiger partial charge on any atom is -0.392 e. The second-order valence-electron chi connectivity index (χ2n) is 12.7. The van der Waals surface area contributed by atoms with Crippen LogP contribution in [-0.2, 0) is 0 Å². The number of anilines is 4. The summed E-state index contributed by atoms with van der Waals surface area (Å²) < 4.78 is 0. The summed E-state index contributed by atoms with van der Waals surface area (Å²) in [5.41, 5.74) is 3.50. The predicted octanol–water partition coefficient (Wildman–Crippen LogP) is 4.63. The maximum Gasteiger partial charge on any atom is 0.140 e. The lowest BCUT2D eigenvalue weighted by molar-refractivity contribution is -0.0777. The van der Waals surface area contributed by atoms with Gasteiger partial charge in [-0.15, -0.1) is 0 Å². The van der Waals surface area contributed by atoms with Crippen LogP contribution in [0.4, 0.5) is 23.0 Å². The minimum absolute atomic E-state index is 0.241.